The van der Waals surface area contributed by atoms with Gasteiger partial charge in [-0.2, -0.15) is 0 Å². The Bertz CT molecular complexity index is 797. The van der Waals surface area contributed by atoms with E-state index in [0.29, 0.717) is 64.7 Å². The topological polar surface area (TPSA) is 112 Å². The number of carbonyl (C=O) groups excluding carboxylic acids is 2. The average Bonchev–Trinajstić information content (AvgIpc) is 2.71. The van der Waals surface area contributed by atoms with Gasteiger partial charge in [0.15, 0.2) is 0 Å². The zero-order chi connectivity index (χ0) is 30.7. The van der Waals surface area contributed by atoms with E-state index in [0.717, 1.165) is 0 Å². The van der Waals surface area contributed by atoms with Crippen molar-refractivity contribution in [3.05, 3.63) is 12.3 Å². The van der Waals surface area contributed by atoms with E-state index in [1.807, 2.05) is 77.0 Å². The predicted molar refractivity (Wildman–Crippen MR) is 155 cm³/mol. The maximum atomic E-state index is 12.7. The molecule has 0 aromatic rings. The maximum absolute atomic E-state index is 12.7. The Kier molecular flexibility index (Phi) is 14.1. The van der Waals surface area contributed by atoms with Gasteiger partial charge >= 0.3 is 17.9 Å². The molecule has 11 heteroatoms. The Morgan fingerprint density at radius 3 is 1.10 bits per heavy atom. The van der Waals surface area contributed by atoms with Gasteiger partial charge in [-0.15, -0.1) is 0 Å². The van der Waals surface area contributed by atoms with Crippen LogP contribution < -0.4 is 0 Å². The lowest BCUT2D eigenvalue weighted by atomic mass is 10.2. The Morgan fingerprint density at radius 2 is 0.825 bits per heavy atom. The highest BCUT2D eigenvalue weighted by molar-refractivity contribution is 5.72. The molecule has 11 nitrogen and oxygen atoms in total. The molecule has 0 aromatic heterocycles. The van der Waals surface area contributed by atoms with Gasteiger partial charge in [0.1, 0.15) is 22.6 Å². The smallest absolute Gasteiger partial charge is 0.320 e. The molecule has 1 N–H and O–H groups in total. The van der Waals surface area contributed by atoms with Crippen LogP contribution in [0.25, 0.3) is 0 Å². The van der Waals surface area contributed by atoms with Crippen molar-refractivity contribution in [1.82, 2.24) is 19.6 Å². The van der Waals surface area contributed by atoms with Crippen LogP contribution >= 0.6 is 0 Å². The van der Waals surface area contributed by atoms with Crippen LogP contribution in [0.3, 0.4) is 0 Å². The number of hydrogen-bond acceptors (Lipinski definition) is 10. The van der Waals surface area contributed by atoms with Crippen LogP contribution in [0.15, 0.2) is 12.3 Å². The second-order valence-corrected chi connectivity index (χ2v) is 13.4. The minimum atomic E-state index is -0.902. The first-order chi connectivity index (χ1) is 18.2. The molecular formula is C29H54N4O7. The van der Waals surface area contributed by atoms with Crippen LogP contribution in [0.4, 0.5) is 0 Å². The van der Waals surface area contributed by atoms with Crippen molar-refractivity contribution in [3.63, 3.8) is 0 Å². The zero-order valence-corrected chi connectivity index (χ0v) is 26.4. The van der Waals surface area contributed by atoms with Crippen molar-refractivity contribution in [3.8, 4) is 0 Å². The Labute approximate surface area is 241 Å². The summed E-state index contributed by atoms with van der Waals surface area (Å²) in [5.41, 5.74) is -1.57. The summed E-state index contributed by atoms with van der Waals surface area (Å²) in [5.74, 6) is -0.919. The first kappa shape index (κ1) is 35.8. The van der Waals surface area contributed by atoms with Gasteiger partial charge in [-0.1, -0.05) is 6.58 Å². The molecular weight excluding hydrogens is 516 g/mol. The van der Waals surface area contributed by atoms with Gasteiger partial charge in [0.2, 0.25) is 0 Å². The first-order valence-corrected chi connectivity index (χ1v) is 14.1. The molecule has 1 aliphatic rings. The van der Waals surface area contributed by atoms with E-state index in [-0.39, 0.29) is 37.2 Å². The summed E-state index contributed by atoms with van der Waals surface area (Å²) in [6, 6.07) is 0. The highest BCUT2D eigenvalue weighted by Gasteiger charge is 2.25. The molecule has 1 saturated heterocycles. The Balaban J connectivity index is 3.13. The fraction of sp³-hybridized carbons (Fsp3) is 0.828. The van der Waals surface area contributed by atoms with E-state index >= 15 is 0 Å². The SMILES string of the molecule is C=C(CN1CCN(CC(=O)O)CCN(CC(=O)OC(C)(C)C)CCN(CC(=O)OC(C)(C)C)CC1)OC(C)(C)C. The summed E-state index contributed by atoms with van der Waals surface area (Å²) in [4.78, 5) is 45.0. The van der Waals surface area contributed by atoms with Gasteiger partial charge in [0.05, 0.1) is 26.2 Å². The summed E-state index contributed by atoms with van der Waals surface area (Å²) in [5, 5.41) is 9.50. The van der Waals surface area contributed by atoms with E-state index in [9.17, 15) is 19.5 Å². The minimum Gasteiger partial charge on any atom is -0.492 e. The third-order valence-corrected chi connectivity index (χ3v) is 5.68. The number of esters is 2. The van der Waals surface area contributed by atoms with Crippen molar-refractivity contribution >= 4 is 17.9 Å². The number of aliphatic carboxylic acids is 1. The van der Waals surface area contributed by atoms with E-state index in [2.05, 4.69) is 11.5 Å². The number of nitrogens with zero attached hydrogens (tertiary/aromatic N) is 4. The standard InChI is InChI=1S/C29H54N4O7/c1-23(38-27(2,3)4)19-30-11-13-31(20-24(34)35)14-16-33(22-26(37)40-29(8,9)10)18-17-32(15-12-30)21-25(36)39-28(5,6)7/h1,11-22H2,2-10H3,(H,34,35). The van der Waals surface area contributed by atoms with Crippen LogP contribution in [0.2, 0.25) is 0 Å². The highest BCUT2D eigenvalue weighted by atomic mass is 16.6. The van der Waals surface area contributed by atoms with Crippen LogP contribution in [0.5, 0.6) is 0 Å². The lowest BCUT2D eigenvalue weighted by molar-refractivity contribution is -0.158. The van der Waals surface area contributed by atoms with E-state index in [1.54, 1.807) is 0 Å². The van der Waals surface area contributed by atoms with Gasteiger partial charge in [0, 0.05) is 52.4 Å². The van der Waals surface area contributed by atoms with Crippen molar-refractivity contribution in [2.24, 2.45) is 0 Å². The van der Waals surface area contributed by atoms with Gasteiger partial charge in [0.25, 0.3) is 0 Å². The van der Waals surface area contributed by atoms with Crippen molar-refractivity contribution in [2.45, 2.75) is 79.1 Å². The Hall–Kier alpha value is -2.21. The van der Waals surface area contributed by atoms with E-state index in [4.69, 9.17) is 14.2 Å². The Morgan fingerprint density at radius 1 is 0.550 bits per heavy atom. The molecule has 232 valence electrons. The fourth-order valence-electron chi connectivity index (χ4n) is 4.23. The number of carboxylic acids is 1. The average molecular weight is 571 g/mol. The molecule has 0 amide bonds. The summed E-state index contributed by atoms with van der Waals surface area (Å²) in [7, 11) is 0. The lowest BCUT2D eigenvalue weighted by Gasteiger charge is -2.34. The van der Waals surface area contributed by atoms with Gasteiger partial charge in [-0.05, 0) is 62.3 Å². The quantitative estimate of drug-likeness (QED) is 0.326. The van der Waals surface area contributed by atoms with Crippen molar-refractivity contribution < 1.29 is 33.7 Å². The molecule has 0 bridgehead atoms. The number of carboxylic acid groups (broad SMARTS) is 1. The molecule has 1 fully saturated rings. The zero-order valence-electron chi connectivity index (χ0n) is 26.4. The summed E-state index contributed by atoms with van der Waals surface area (Å²) >= 11 is 0. The maximum Gasteiger partial charge on any atom is 0.320 e. The molecule has 0 saturated carbocycles. The van der Waals surface area contributed by atoms with Crippen molar-refractivity contribution in [1.29, 1.82) is 0 Å². The summed E-state index contributed by atoms with van der Waals surface area (Å²) in [6.45, 7) is 25.8. The predicted octanol–water partition coefficient (Wildman–Crippen LogP) is 2.30. The molecule has 0 atom stereocenters. The molecule has 1 heterocycles. The molecule has 0 unspecified atom stereocenters. The summed E-state index contributed by atoms with van der Waals surface area (Å²) < 4.78 is 17.1. The molecule has 1 rings (SSSR count). The molecule has 0 spiro atoms. The monoisotopic (exact) mass is 570 g/mol. The van der Waals surface area contributed by atoms with Gasteiger partial charge in [-0.3, -0.25) is 34.0 Å². The van der Waals surface area contributed by atoms with Crippen LogP contribution in [-0.4, -0.2) is 138 Å². The third kappa shape index (κ3) is 18.2. The van der Waals surface area contributed by atoms with Crippen LogP contribution in [0.1, 0.15) is 62.3 Å². The number of ether oxygens (including phenoxy) is 3. The largest absolute Gasteiger partial charge is 0.492 e. The minimum absolute atomic E-state index is 0.0779. The molecule has 0 aliphatic carbocycles. The fourth-order valence-corrected chi connectivity index (χ4v) is 4.23. The third-order valence-electron chi connectivity index (χ3n) is 5.68. The van der Waals surface area contributed by atoms with Crippen LogP contribution in [0, 0.1) is 0 Å². The lowest BCUT2D eigenvalue weighted by Crippen LogP contribution is -2.49. The molecule has 40 heavy (non-hydrogen) atoms. The summed E-state index contributed by atoms with van der Waals surface area (Å²) in [6.07, 6.45) is 0. The van der Waals surface area contributed by atoms with E-state index < -0.39 is 17.2 Å². The second kappa shape index (κ2) is 15.7. The first-order valence-electron chi connectivity index (χ1n) is 14.1. The molecule has 0 aromatic carbocycles. The van der Waals surface area contributed by atoms with Gasteiger partial charge < -0.3 is 19.3 Å². The molecule has 0 radical (unpaired) electrons. The normalized spacial score (nSPS) is 18.3. The second-order valence-electron chi connectivity index (χ2n) is 13.4. The van der Waals surface area contributed by atoms with Crippen LogP contribution in [-0.2, 0) is 28.6 Å². The number of hydrogen-bond donors (Lipinski definition) is 1. The number of rotatable bonds is 9. The molecule has 1 aliphatic heterocycles. The van der Waals surface area contributed by atoms with Crippen molar-refractivity contribution in [2.75, 3.05) is 78.5 Å². The van der Waals surface area contributed by atoms with Gasteiger partial charge in [-0.25, -0.2) is 0 Å². The highest BCUT2D eigenvalue weighted by Crippen LogP contribution is 2.14. The number of carbonyl (C=O) groups is 3. The van der Waals surface area contributed by atoms with E-state index in [1.165, 1.54) is 0 Å².